The van der Waals surface area contributed by atoms with E-state index < -0.39 is 22.2 Å². The summed E-state index contributed by atoms with van der Waals surface area (Å²) in [6.07, 6.45) is 0.155. The van der Waals surface area contributed by atoms with Gasteiger partial charge < -0.3 is 15.2 Å². The second kappa shape index (κ2) is 10.2. The number of benzene rings is 2. The number of carbonyl (C=O) groups excluding carboxylic acids is 1. The highest BCUT2D eigenvalue weighted by molar-refractivity contribution is 7.89. The van der Waals surface area contributed by atoms with Crippen molar-refractivity contribution < 1.29 is 23.1 Å². The molecular formula is C22H28N2O5S. The maximum Gasteiger partial charge on any atom is 0.226 e. The molecule has 0 aliphatic carbocycles. The number of hydrogen-bond acceptors (Lipinski definition) is 5. The molecule has 2 aromatic carbocycles. The maximum absolute atomic E-state index is 12.4. The molecule has 3 N–H and O–H groups in total. The van der Waals surface area contributed by atoms with Crippen LogP contribution < -0.4 is 10.0 Å². The largest absolute Gasteiger partial charge is 0.394 e. The SMILES string of the molecule is CCS(=O)(=O)N[C@@H]1CC[C@@H](CC(=O)Nc2ccc(-c3ccccc3)cc2)O[C@@H]1CO. The van der Waals surface area contributed by atoms with Gasteiger partial charge in [-0.3, -0.25) is 4.79 Å². The van der Waals surface area contributed by atoms with E-state index in [9.17, 15) is 18.3 Å². The van der Waals surface area contributed by atoms with Gasteiger partial charge in [-0.2, -0.15) is 0 Å². The normalized spacial score (nSPS) is 21.9. The molecule has 1 saturated heterocycles. The molecule has 8 heteroatoms. The van der Waals surface area contributed by atoms with Gasteiger partial charge in [0, 0.05) is 5.69 Å². The first-order valence-electron chi connectivity index (χ1n) is 10.1. The average Bonchev–Trinajstić information content (AvgIpc) is 2.75. The molecule has 30 heavy (non-hydrogen) atoms. The zero-order valence-electron chi connectivity index (χ0n) is 17.0. The minimum Gasteiger partial charge on any atom is -0.394 e. The molecule has 1 aliphatic heterocycles. The Morgan fingerprint density at radius 1 is 1.07 bits per heavy atom. The Morgan fingerprint density at radius 2 is 1.73 bits per heavy atom. The van der Waals surface area contributed by atoms with Crippen LogP contribution in [0, 0.1) is 0 Å². The van der Waals surface area contributed by atoms with E-state index in [1.54, 1.807) is 6.92 Å². The van der Waals surface area contributed by atoms with Crippen molar-refractivity contribution in [1.82, 2.24) is 4.72 Å². The predicted octanol–water partition coefficient (Wildman–Crippen LogP) is 2.53. The highest BCUT2D eigenvalue weighted by atomic mass is 32.2. The number of carbonyl (C=O) groups is 1. The first-order chi connectivity index (χ1) is 14.4. The van der Waals surface area contributed by atoms with E-state index in [2.05, 4.69) is 10.0 Å². The fraction of sp³-hybridized carbons (Fsp3) is 0.409. The molecule has 0 bridgehead atoms. The van der Waals surface area contributed by atoms with Crippen molar-refractivity contribution in [1.29, 1.82) is 0 Å². The smallest absolute Gasteiger partial charge is 0.226 e. The lowest BCUT2D eigenvalue weighted by atomic mass is 9.98. The second-order valence-corrected chi connectivity index (χ2v) is 9.42. The molecule has 162 valence electrons. The highest BCUT2D eigenvalue weighted by Gasteiger charge is 2.33. The first kappa shape index (κ1) is 22.4. The van der Waals surface area contributed by atoms with Crippen LogP contribution in [0.1, 0.15) is 26.2 Å². The summed E-state index contributed by atoms with van der Waals surface area (Å²) < 4.78 is 31.9. The molecule has 1 fully saturated rings. The number of aliphatic hydroxyl groups is 1. The lowest BCUT2D eigenvalue weighted by Crippen LogP contribution is -2.51. The van der Waals surface area contributed by atoms with E-state index in [4.69, 9.17) is 4.74 Å². The van der Waals surface area contributed by atoms with Gasteiger partial charge in [-0.25, -0.2) is 13.1 Å². The number of ether oxygens (including phenoxy) is 1. The standard InChI is InChI=1S/C22H28N2O5S/c1-2-30(27,28)24-20-13-12-19(29-21(20)15-25)14-22(26)23-18-10-8-17(9-11-18)16-6-4-3-5-7-16/h3-11,19-21,24-25H,2,12-15H2,1H3,(H,23,26)/t19-,20+,21+/m0/s1. The Morgan fingerprint density at radius 3 is 2.37 bits per heavy atom. The molecule has 3 rings (SSSR count). The van der Waals surface area contributed by atoms with Crippen molar-refractivity contribution in [3.63, 3.8) is 0 Å². The number of aliphatic hydroxyl groups excluding tert-OH is 1. The summed E-state index contributed by atoms with van der Waals surface area (Å²) in [4.78, 5) is 12.4. The monoisotopic (exact) mass is 432 g/mol. The summed E-state index contributed by atoms with van der Waals surface area (Å²) in [5, 5.41) is 12.4. The quantitative estimate of drug-likeness (QED) is 0.595. The van der Waals surface area contributed by atoms with E-state index in [1.807, 2.05) is 54.6 Å². The molecule has 0 saturated carbocycles. The van der Waals surface area contributed by atoms with Crippen LogP contribution in [0.25, 0.3) is 11.1 Å². The van der Waals surface area contributed by atoms with Gasteiger partial charge in [0.2, 0.25) is 15.9 Å². The summed E-state index contributed by atoms with van der Waals surface area (Å²) in [5.74, 6) is -0.215. The highest BCUT2D eigenvalue weighted by Crippen LogP contribution is 2.24. The summed E-state index contributed by atoms with van der Waals surface area (Å²) in [6.45, 7) is 1.25. The minimum atomic E-state index is -3.39. The molecule has 0 unspecified atom stereocenters. The second-order valence-electron chi connectivity index (χ2n) is 7.38. The average molecular weight is 433 g/mol. The third-order valence-electron chi connectivity index (χ3n) is 5.20. The van der Waals surface area contributed by atoms with Gasteiger partial charge in [0.25, 0.3) is 0 Å². The van der Waals surface area contributed by atoms with E-state index >= 15 is 0 Å². The van der Waals surface area contributed by atoms with Crippen molar-refractivity contribution in [2.45, 2.75) is 44.4 Å². The Labute approximate surface area is 177 Å². The van der Waals surface area contributed by atoms with Crippen LogP contribution in [0.5, 0.6) is 0 Å². The van der Waals surface area contributed by atoms with Crippen LogP contribution >= 0.6 is 0 Å². The van der Waals surface area contributed by atoms with Crippen molar-refractivity contribution in [3.05, 3.63) is 54.6 Å². The number of sulfonamides is 1. The number of rotatable bonds is 8. The van der Waals surface area contributed by atoms with Gasteiger partial charge in [-0.15, -0.1) is 0 Å². The molecule has 0 aromatic heterocycles. The Bertz CT molecular complexity index is 932. The van der Waals surface area contributed by atoms with Crippen LogP contribution in [-0.2, 0) is 19.6 Å². The number of amides is 1. The Kier molecular flexibility index (Phi) is 7.60. The van der Waals surface area contributed by atoms with E-state index in [-0.39, 0.29) is 30.8 Å². The third kappa shape index (κ3) is 6.12. The van der Waals surface area contributed by atoms with Gasteiger partial charge in [0.05, 0.1) is 37.0 Å². The Balaban J connectivity index is 1.53. The molecule has 0 radical (unpaired) electrons. The molecule has 7 nitrogen and oxygen atoms in total. The van der Waals surface area contributed by atoms with Crippen LogP contribution in [0.3, 0.4) is 0 Å². The lowest BCUT2D eigenvalue weighted by Gasteiger charge is -2.35. The predicted molar refractivity (Wildman–Crippen MR) is 116 cm³/mol. The summed E-state index contributed by atoms with van der Waals surface area (Å²) >= 11 is 0. The van der Waals surface area contributed by atoms with Gasteiger partial charge in [0.15, 0.2) is 0 Å². The number of anilines is 1. The molecule has 1 amide bonds. The third-order valence-corrected chi connectivity index (χ3v) is 6.62. The molecular weight excluding hydrogens is 404 g/mol. The van der Waals surface area contributed by atoms with Crippen molar-refractivity contribution >= 4 is 21.6 Å². The zero-order valence-corrected chi connectivity index (χ0v) is 17.8. The summed E-state index contributed by atoms with van der Waals surface area (Å²) in [6, 6.07) is 17.1. The summed E-state index contributed by atoms with van der Waals surface area (Å²) in [7, 11) is -3.39. The molecule has 1 heterocycles. The zero-order chi connectivity index (χ0) is 21.6. The van der Waals surface area contributed by atoms with Gasteiger partial charge >= 0.3 is 0 Å². The van der Waals surface area contributed by atoms with Crippen LogP contribution in [0.4, 0.5) is 5.69 Å². The molecule has 3 atom stereocenters. The van der Waals surface area contributed by atoms with Crippen molar-refractivity contribution in [2.24, 2.45) is 0 Å². The van der Waals surface area contributed by atoms with E-state index in [1.165, 1.54) is 0 Å². The van der Waals surface area contributed by atoms with E-state index in [0.717, 1.165) is 11.1 Å². The van der Waals surface area contributed by atoms with Crippen LogP contribution in [0.2, 0.25) is 0 Å². The fourth-order valence-electron chi connectivity index (χ4n) is 3.53. The van der Waals surface area contributed by atoms with Gasteiger partial charge in [-0.1, -0.05) is 42.5 Å². The number of nitrogens with one attached hydrogen (secondary N) is 2. The Hall–Kier alpha value is -2.26. The molecule has 2 aromatic rings. The molecule has 1 aliphatic rings. The fourth-order valence-corrected chi connectivity index (χ4v) is 4.42. The van der Waals surface area contributed by atoms with Crippen molar-refractivity contribution in [3.8, 4) is 11.1 Å². The maximum atomic E-state index is 12.4. The van der Waals surface area contributed by atoms with E-state index in [0.29, 0.717) is 18.5 Å². The lowest BCUT2D eigenvalue weighted by molar-refractivity contribution is -0.126. The number of hydrogen-bond donors (Lipinski definition) is 3. The minimum absolute atomic E-state index is 0.0312. The van der Waals surface area contributed by atoms with Crippen LogP contribution in [-0.4, -0.2) is 50.0 Å². The van der Waals surface area contributed by atoms with Gasteiger partial charge in [0.1, 0.15) is 0 Å². The van der Waals surface area contributed by atoms with Gasteiger partial charge in [-0.05, 0) is 43.0 Å². The first-order valence-corrected chi connectivity index (χ1v) is 11.8. The van der Waals surface area contributed by atoms with Crippen LogP contribution in [0.15, 0.2) is 54.6 Å². The summed E-state index contributed by atoms with van der Waals surface area (Å²) in [5.41, 5.74) is 2.87. The molecule has 0 spiro atoms. The topological polar surface area (TPSA) is 105 Å². The van der Waals surface area contributed by atoms with Crippen molar-refractivity contribution in [2.75, 3.05) is 17.7 Å².